The zero-order chi connectivity index (χ0) is 21.1. The number of hydrogen-bond acceptors (Lipinski definition) is 0. The second-order valence-electron chi connectivity index (χ2n) is 9.11. The van der Waals surface area contributed by atoms with Gasteiger partial charge in [0.15, 0.2) is 0 Å². The van der Waals surface area contributed by atoms with Crippen LogP contribution < -0.4 is 0 Å². The van der Waals surface area contributed by atoms with Crippen LogP contribution in [0.5, 0.6) is 0 Å². The number of benzene rings is 6. The molecular weight excluding hydrogens is 388 g/mol. The van der Waals surface area contributed by atoms with Crippen molar-refractivity contribution < 1.29 is 0 Å². The molecule has 0 saturated heterocycles. The number of aryl methyl sites for hydroxylation is 2. The van der Waals surface area contributed by atoms with Crippen LogP contribution in [0.1, 0.15) is 0 Å². The first kappa shape index (κ1) is 16.6. The standard InChI is InChI=1S/C30H20N2/c1-31-23-7-3-5-17-9-11-21-19(13-15-25(31)29(21)27(17)23)20-14-16-26-30-22(20)12-10-18-6-4-8-24(28(18)30)32(26)2/h3-16H,1-2H3. The zero-order valence-corrected chi connectivity index (χ0v) is 18.0. The lowest BCUT2D eigenvalue weighted by Crippen LogP contribution is -1.89. The molecule has 150 valence electrons. The van der Waals surface area contributed by atoms with Gasteiger partial charge in [-0.05, 0) is 56.9 Å². The first-order chi connectivity index (χ1) is 15.7. The SMILES string of the molecule is Cn1c2cccc3ccc4c(-c5ccc6c7c5ccc5cccc(c57)n6C)ccc1c4c32. The van der Waals surface area contributed by atoms with E-state index in [-0.39, 0.29) is 0 Å². The van der Waals surface area contributed by atoms with E-state index in [1.165, 1.54) is 76.3 Å². The molecule has 0 saturated carbocycles. The average molecular weight is 409 g/mol. The molecule has 32 heavy (non-hydrogen) atoms. The van der Waals surface area contributed by atoms with Gasteiger partial charge in [0.1, 0.15) is 0 Å². The summed E-state index contributed by atoms with van der Waals surface area (Å²) in [5, 5.41) is 10.8. The molecule has 8 rings (SSSR count). The highest BCUT2D eigenvalue weighted by Gasteiger charge is 2.19. The van der Waals surface area contributed by atoms with Crippen LogP contribution in [0.2, 0.25) is 0 Å². The molecule has 0 aliphatic rings. The van der Waals surface area contributed by atoms with Crippen LogP contribution in [0.15, 0.2) is 84.9 Å². The van der Waals surface area contributed by atoms with Crippen molar-refractivity contribution in [2.24, 2.45) is 14.1 Å². The summed E-state index contributed by atoms with van der Waals surface area (Å²) < 4.78 is 4.66. The average Bonchev–Trinajstić information content (AvgIpc) is 3.30. The molecule has 2 aromatic heterocycles. The second-order valence-corrected chi connectivity index (χ2v) is 9.11. The number of nitrogens with zero attached hydrogens (tertiary/aromatic N) is 2. The zero-order valence-electron chi connectivity index (χ0n) is 18.0. The highest BCUT2D eigenvalue weighted by Crippen LogP contribution is 2.45. The maximum absolute atomic E-state index is 2.33. The van der Waals surface area contributed by atoms with Crippen LogP contribution in [-0.2, 0) is 14.1 Å². The van der Waals surface area contributed by atoms with Gasteiger partial charge in [-0.1, -0.05) is 60.7 Å². The fraction of sp³-hybridized carbons (Fsp3) is 0.0667. The Labute approximate surface area is 184 Å². The highest BCUT2D eigenvalue weighted by molar-refractivity contribution is 6.29. The van der Waals surface area contributed by atoms with Crippen molar-refractivity contribution in [2.75, 3.05) is 0 Å². The minimum Gasteiger partial charge on any atom is -0.344 e. The van der Waals surface area contributed by atoms with Gasteiger partial charge in [-0.3, -0.25) is 0 Å². The van der Waals surface area contributed by atoms with Crippen molar-refractivity contribution in [3.8, 4) is 11.1 Å². The molecule has 0 amide bonds. The second kappa shape index (κ2) is 5.41. The van der Waals surface area contributed by atoms with Crippen LogP contribution in [0.3, 0.4) is 0 Å². The molecule has 0 atom stereocenters. The fourth-order valence-corrected chi connectivity index (χ4v) is 6.22. The molecule has 2 nitrogen and oxygen atoms in total. The molecule has 2 heteroatoms. The molecule has 2 heterocycles. The summed E-state index contributed by atoms with van der Waals surface area (Å²) >= 11 is 0. The Morgan fingerprint density at radius 2 is 0.844 bits per heavy atom. The monoisotopic (exact) mass is 408 g/mol. The van der Waals surface area contributed by atoms with Gasteiger partial charge < -0.3 is 9.13 Å². The number of hydrogen-bond donors (Lipinski definition) is 0. The van der Waals surface area contributed by atoms with Crippen molar-refractivity contribution in [2.45, 2.75) is 0 Å². The third-order valence-electron chi connectivity index (χ3n) is 7.69. The molecule has 0 bridgehead atoms. The first-order valence-corrected chi connectivity index (χ1v) is 11.2. The minimum absolute atomic E-state index is 1.30. The van der Waals surface area contributed by atoms with Gasteiger partial charge in [-0.25, -0.2) is 0 Å². The van der Waals surface area contributed by atoms with Gasteiger partial charge in [-0.15, -0.1) is 0 Å². The Bertz CT molecular complexity index is 1850. The van der Waals surface area contributed by atoms with E-state index in [4.69, 9.17) is 0 Å². The van der Waals surface area contributed by atoms with Crippen molar-refractivity contribution in [3.63, 3.8) is 0 Å². The van der Waals surface area contributed by atoms with Crippen molar-refractivity contribution >= 4 is 65.2 Å². The molecule has 0 spiro atoms. The van der Waals surface area contributed by atoms with Crippen molar-refractivity contribution in [1.82, 2.24) is 9.13 Å². The summed E-state index contributed by atoms with van der Waals surface area (Å²) in [5.74, 6) is 0. The van der Waals surface area contributed by atoms with E-state index < -0.39 is 0 Å². The summed E-state index contributed by atoms with van der Waals surface area (Å²) in [6.07, 6.45) is 0. The smallest absolute Gasteiger partial charge is 0.0495 e. The van der Waals surface area contributed by atoms with Gasteiger partial charge in [0.25, 0.3) is 0 Å². The molecule has 0 aliphatic heterocycles. The predicted octanol–water partition coefficient (Wildman–Crippen LogP) is 7.83. The third kappa shape index (κ3) is 1.76. The molecule has 6 aromatic carbocycles. The lowest BCUT2D eigenvalue weighted by Gasteiger charge is -2.12. The maximum atomic E-state index is 2.33. The Morgan fingerprint density at radius 3 is 1.31 bits per heavy atom. The Hall–Kier alpha value is -4.04. The molecule has 8 aromatic rings. The van der Waals surface area contributed by atoms with E-state index in [1.54, 1.807) is 0 Å². The molecule has 0 fully saturated rings. The van der Waals surface area contributed by atoms with Crippen molar-refractivity contribution in [1.29, 1.82) is 0 Å². The van der Waals surface area contributed by atoms with Gasteiger partial charge in [0, 0.05) is 57.7 Å². The van der Waals surface area contributed by atoms with Crippen LogP contribution in [0, 0.1) is 0 Å². The Kier molecular flexibility index (Phi) is 2.81. The number of rotatable bonds is 1. The van der Waals surface area contributed by atoms with Crippen LogP contribution in [-0.4, -0.2) is 9.13 Å². The summed E-state index contributed by atoms with van der Waals surface area (Å²) in [6.45, 7) is 0. The lowest BCUT2D eigenvalue weighted by atomic mass is 9.90. The van der Waals surface area contributed by atoms with E-state index in [0.717, 1.165) is 0 Å². The van der Waals surface area contributed by atoms with Gasteiger partial charge in [0.2, 0.25) is 0 Å². The van der Waals surface area contributed by atoms with E-state index in [9.17, 15) is 0 Å². The topological polar surface area (TPSA) is 9.86 Å². The first-order valence-electron chi connectivity index (χ1n) is 11.2. The molecule has 0 N–H and O–H groups in total. The normalized spacial score (nSPS) is 12.7. The molecular formula is C30H20N2. The van der Waals surface area contributed by atoms with E-state index in [2.05, 4.69) is 108 Å². The predicted molar refractivity (Wildman–Crippen MR) is 137 cm³/mol. The van der Waals surface area contributed by atoms with Gasteiger partial charge in [-0.2, -0.15) is 0 Å². The van der Waals surface area contributed by atoms with Crippen LogP contribution >= 0.6 is 0 Å². The number of aromatic nitrogens is 2. The summed E-state index contributed by atoms with van der Waals surface area (Å²) in [6, 6.07) is 31.7. The van der Waals surface area contributed by atoms with E-state index in [0.29, 0.717) is 0 Å². The fourth-order valence-electron chi connectivity index (χ4n) is 6.22. The summed E-state index contributed by atoms with van der Waals surface area (Å²) in [5.41, 5.74) is 7.83. The maximum Gasteiger partial charge on any atom is 0.0495 e. The summed E-state index contributed by atoms with van der Waals surface area (Å²) in [7, 11) is 4.36. The molecule has 0 radical (unpaired) electrons. The van der Waals surface area contributed by atoms with Gasteiger partial charge in [0.05, 0.1) is 0 Å². The van der Waals surface area contributed by atoms with Crippen molar-refractivity contribution in [3.05, 3.63) is 84.9 Å². The molecule has 0 aliphatic carbocycles. The Morgan fingerprint density at radius 1 is 0.406 bits per heavy atom. The van der Waals surface area contributed by atoms with E-state index >= 15 is 0 Å². The van der Waals surface area contributed by atoms with Crippen LogP contribution in [0.4, 0.5) is 0 Å². The highest BCUT2D eigenvalue weighted by atomic mass is 14.9. The quantitative estimate of drug-likeness (QED) is 0.245. The minimum atomic E-state index is 1.30. The van der Waals surface area contributed by atoms with Crippen LogP contribution in [0.25, 0.3) is 76.3 Å². The third-order valence-corrected chi connectivity index (χ3v) is 7.69. The summed E-state index contributed by atoms with van der Waals surface area (Å²) in [4.78, 5) is 0. The molecule has 0 unspecified atom stereocenters. The van der Waals surface area contributed by atoms with E-state index in [1.807, 2.05) is 0 Å². The Balaban J connectivity index is 1.57. The largest absolute Gasteiger partial charge is 0.344 e. The van der Waals surface area contributed by atoms with Gasteiger partial charge >= 0.3 is 0 Å². The lowest BCUT2D eigenvalue weighted by molar-refractivity contribution is 1.01.